The smallest absolute Gasteiger partial charge is 0.225 e. The van der Waals surface area contributed by atoms with E-state index in [0.717, 1.165) is 0 Å². The summed E-state index contributed by atoms with van der Waals surface area (Å²) in [6, 6.07) is 0. The summed E-state index contributed by atoms with van der Waals surface area (Å²) in [5.74, 6) is 0.293. The molecule has 0 radical (unpaired) electrons. The molecule has 0 spiro atoms. The van der Waals surface area contributed by atoms with E-state index < -0.39 is 0 Å². The molecule has 0 saturated carbocycles. The number of nitrogens with two attached hydrogens (primary N) is 1. The molecule has 0 unspecified atom stereocenters. The van der Waals surface area contributed by atoms with Gasteiger partial charge in [-0.2, -0.15) is 14.6 Å². The lowest BCUT2D eigenvalue weighted by Crippen LogP contribution is -2.04. The van der Waals surface area contributed by atoms with E-state index in [1.165, 1.54) is 22.5 Å². The lowest BCUT2D eigenvalue weighted by molar-refractivity contribution is 0.852. The zero-order valence-electron chi connectivity index (χ0n) is 6.73. The third-order valence-electron chi connectivity index (χ3n) is 1.51. The van der Waals surface area contributed by atoms with Crippen LogP contribution in [-0.2, 0) is 0 Å². The third kappa shape index (κ3) is 1.31. The molecule has 0 aliphatic heterocycles. The topological polar surface area (TPSA) is 69.1 Å². The van der Waals surface area contributed by atoms with E-state index in [-0.39, 0.29) is 0 Å². The molecule has 2 aromatic rings. The van der Waals surface area contributed by atoms with Crippen molar-refractivity contribution < 1.29 is 0 Å². The van der Waals surface area contributed by atoms with Gasteiger partial charge in [-0.05, 0) is 6.26 Å². The summed E-state index contributed by atoms with van der Waals surface area (Å²) in [5.41, 5.74) is 6.16. The largest absolute Gasteiger partial charge is 0.368 e. The Labute approximate surface area is 83.3 Å². The average Bonchev–Trinajstić information content (AvgIpc) is 2.48. The highest BCUT2D eigenvalue weighted by atomic mass is 35.5. The van der Waals surface area contributed by atoms with E-state index in [0.29, 0.717) is 21.8 Å². The number of nitrogen functional groups attached to an aromatic ring is 1. The van der Waals surface area contributed by atoms with E-state index >= 15 is 0 Å². The van der Waals surface area contributed by atoms with Gasteiger partial charge in [0.2, 0.25) is 5.95 Å². The fourth-order valence-corrected chi connectivity index (χ4v) is 1.47. The average molecular weight is 216 g/mol. The van der Waals surface area contributed by atoms with E-state index in [2.05, 4.69) is 15.1 Å². The van der Waals surface area contributed by atoms with Crippen molar-refractivity contribution in [1.29, 1.82) is 0 Å². The molecule has 0 bridgehead atoms. The van der Waals surface area contributed by atoms with Crippen molar-refractivity contribution in [2.24, 2.45) is 0 Å². The minimum atomic E-state index is 0.293. The van der Waals surface area contributed by atoms with Crippen molar-refractivity contribution in [2.75, 3.05) is 12.0 Å². The van der Waals surface area contributed by atoms with E-state index in [9.17, 15) is 0 Å². The van der Waals surface area contributed by atoms with Crippen LogP contribution < -0.4 is 5.73 Å². The Balaban J connectivity index is 2.80. The predicted molar refractivity (Wildman–Crippen MR) is 52.0 cm³/mol. The molecule has 0 aliphatic rings. The summed E-state index contributed by atoms with van der Waals surface area (Å²) in [6.45, 7) is 0. The zero-order valence-corrected chi connectivity index (χ0v) is 8.30. The highest BCUT2D eigenvalue weighted by molar-refractivity contribution is 7.98. The van der Waals surface area contributed by atoms with Crippen LogP contribution in [0.5, 0.6) is 0 Å². The SMILES string of the molecule is CSc1nc(N)n2ncc(Cl)c2n1. The molecule has 7 heteroatoms. The van der Waals surface area contributed by atoms with Crippen molar-refractivity contribution in [1.82, 2.24) is 19.6 Å². The number of aromatic nitrogens is 4. The van der Waals surface area contributed by atoms with Crippen LogP contribution in [0.15, 0.2) is 11.4 Å². The Kier molecular flexibility index (Phi) is 2.01. The lowest BCUT2D eigenvalue weighted by atomic mass is 10.7. The second-order valence-corrected chi connectivity index (χ2v) is 3.48. The molecule has 5 nitrogen and oxygen atoms in total. The van der Waals surface area contributed by atoms with Crippen LogP contribution in [0.2, 0.25) is 5.02 Å². The zero-order chi connectivity index (χ0) is 9.42. The van der Waals surface area contributed by atoms with Gasteiger partial charge in [-0.25, -0.2) is 4.98 Å². The molecular weight excluding hydrogens is 210 g/mol. The first kappa shape index (κ1) is 8.58. The maximum Gasteiger partial charge on any atom is 0.225 e. The van der Waals surface area contributed by atoms with Crippen LogP contribution >= 0.6 is 23.4 Å². The van der Waals surface area contributed by atoms with Crippen molar-refractivity contribution in [3.05, 3.63) is 11.2 Å². The predicted octanol–water partition coefficient (Wildman–Crippen LogP) is 1.08. The van der Waals surface area contributed by atoms with Gasteiger partial charge in [0.05, 0.1) is 6.20 Å². The molecule has 0 aliphatic carbocycles. The standard InChI is InChI=1S/C6H6ClN5S/c1-13-6-10-4-3(7)2-9-12(4)5(8)11-6/h2H,1H3,(H2,8,10,11). The van der Waals surface area contributed by atoms with Crippen molar-refractivity contribution in [3.8, 4) is 0 Å². The lowest BCUT2D eigenvalue weighted by Gasteiger charge is -1.99. The summed E-state index contributed by atoms with van der Waals surface area (Å²) in [4.78, 5) is 8.16. The Morgan fingerprint density at radius 1 is 1.54 bits per heavy atom. The molecule has 2 aromatic heterocycles. The number of nitrogens with zero attached hydrogens (tertiary/aromatic N) is 4. The summed E-state index contributed by atoms with van der Waals surface area (Å²) >= 11 is 7.24. The fraction of sp³-hybridized carbons (Fsp3) is 0.167. The van der Waals surface area contributed by atoms with Crippen LogP contribution in [0.25, 0.3) is 5.65 Å². The second kappa shape index (κ2) is 3.04. The van der Waals surface area contributed by atoms with Crippen molar-refractivity contribution in [2.45, 2.75) is 5.16 Å². The number of hydrogen-bond donors (Lipinski definition) is 1. The highest BCUT2D eigenvalue weighted by Crippen LogP contribution is 2.18. The minimum Gasteiger partial charge on any atom is -0.368 e. The normalized spacial score (nSPS) is 10.9. The monoisotopic (exact) mass is 215 g/mol. The van der Waals surface area contributed by atoms with Crippen molar-refractivity contribution >= 4 is 35.0 Å². The van der Waals surface area contributed by atoms with Gasteiger partial charge in [-0.3, -0.25) is 0 Å². The van der Waals surface area contributed by atoms with Gasteiger partial charge >= 0.3 is 0 Å². The molecule has 2 rings (SSSR count). The maximum absolute atomic E-state index is 5.84. The molecule has 68 valence electrons. The molecule has 0 atom stereocenters. The van der Waals surface area contributed by atoms with Crippen LogP contribution in [-0.4, -0.2) is 25.8 Å². The van der Waals surface area contributed by atoms with E-state index in [4.69, 9.17) is 17.3 Å². The Bertz CT molecular complexity index is 453. The Hall–Kier alpha value is -1.01. The number of halogens is 1. The maximum atomic E-state index is 5.84. The number of rotatable bonds is 1. The van der Waals surface area contributed by atoms with Gasteiger partial charge in [0.1, 0.15) is 5.02 Å². The molecule has 2 N–H and O–H groups in total. The van der Waals surface area contributed by atoms with E-state index in [1.54, 1.807) is 0 Å². The summed E-state index contributed by atoms with van der Waals surface area (Å²) in [5, 5.41) is 4.99. The van der Waals surface area contributed by atoms with Crippen LogP contribution in [0.4, 0.5) is 5.95 Å². The first-order chi connectivity index (χ1) is 6.22. The molecule has 0 aromatic carbocycles. The molecule has 0 fully saturated rings. The van der Waals surface area contributed by atoms with Crippen molar-refractivity contribution in [3.63, 3.8) is 0 Å². The van der Waals surface area contributed by atoms with Gasteiger partial charge in [0.15, 0.2) is 10.8 Å². The first-order valence-electron chi connectivity index (χ1n) is 3.43. The summed E-state index contributed by atoms with van der Waals surface area (Å²) < 4.78 is 1.40. The Morgan fingerprint density at radius 2 is 2.31 bits per heavy atom. The van der Waals surface area contributed by atoms with Gasteiger partial charge in [-0.1, -0.05) is 23.4 Å². The van der Waals surface area contributed by atoms with Gasteiger partial charge in [0.25, 0.3) is 0 Å². The number of thioether (sulfide) groups is 1. The van der Waals surface area contributed by atoms with Gasteiger partial charge in [-0.15, -0.1) is 0 Å². The number of hydrogen-bond acceptors (Lipinski definition) is 5. The molecular formula is C6H6ClN5S. The van der Waals surface area contributed by atoms with E-state index in [1.807, 2.05) is 6.26 Å². The number of fused-ring (bicyclic) bond motifs is 1. The third-order valence-corrected chi connectivity index (χ3v) is 2.33. The first-order valence-corrected chi connectivity index (χ1v) is 5.03. The molecule has 0 amide bonds. The molecule has 13 heavy (non-hydrogen) atoms. The van der Waals surface area contributed by atoms with Gasteiger partial charge in [0, 0.05) is 0 Å². The summed E-state index contributed by atoms with van der Waals surface area (Å²) in [6.07, 6.45) is 3.36. The highest BCUT2D eigenvalue weighted by Gasteiger charge is 2.08. The quantitative estimate of drug-likeness (QED) is 0.721. The Morgan fingerprint density at radius 3 is 3.00 bits per heavy atom. The molecule has 0 saturated heterocycles. The number of anilines is 1. The summed E-state index contributed by atoms with van der Waals surface area (Å²) in [7, 11) is 0. The van der Waals surface area contributed by atoms with Crippen LogP contribution in [0, 0.1) is 0 Å². The van der Waals surface area contributed by atoms with Crippen LogP contribution in [0.3, 0.4) is 0 Å². The second-order valence-electron chi connectivity index (χ2n) is 2.30. The fourth-order valence-electron chi connectivity index (χ4n) is 0.943. The molecule has 2 heterocycles. The minimum absolute atomic E-state index is 0.293. The van der Waals surface area contributed by atoms with Crippen LogP contribution in [0.1, 0.15) is 0 Å². The van der Waals surface area contributed by atoms with Gasteiger partial charge < -0.3 is 5.73 Å².